The van der Waals surface area contributed by atoms with Crippen molar-refractivity contribution in [3.63, 3.8) is 0 Å². The third-order valence-corrected chi connectivity index (χ3v) is 7.32. The molecule has 6 heteroatoms. The van der Waals surface area contributed by atoms with E-state index in [-0.39, 0.29) is 0 Å². The molecule has 1 aromatic carbocycles. The van der Waals surface area contributed by atoms with E-state index in [0.29, 0.717) is 5.69 Å². The molecule has 2 aromatic rings. The molecule has 0 saturated heterocycles. The van der Waals surface area contributed by atoms with Crippen molar-refractivity contribution in [2.24, 2.45) is 0 Å². The molecular weight excluding hydrogens is 394 g/mol. The van der Waals surface area contributed by atoms with Gasteiger partial charge < -0.3 is 0 Å². The average Bonchev–Trinajstić information content (AvgIpc) is 3.15. The Hall–Kier alpha value is -1.66. The molecule has 0 bridgehead atoms. The summed E-state index contributed by atoms with van der Waals surface area (Å²) in [7, 11) is -0.428. The molecule has 0 atom stereocenters. The zero-order valence-electron chi connectivity index (χ0n) is 19.3. The van der Waals surface area contributed by atoms with Gasteiger partial charge in [-0.3, -0.25) is 0 Å². The Morgan fingerprint density at radius 3 is 1.93 bits per heavy atom. The third kappa shape index (κ3) is 7.24. The van der Waals surface area contributed by atoms with Crippen LogP contribution in [0.25, 0.3) is 11.3 Å². The number of aryl methyl sites for hydroxylation is 2. The molecule has 2 rings (SSSR count). The van der Waals surface area contributed by atoms with Crippen molar-refractivity contribution in [3.05, 3.63) is 42.4 Å². The molecule has 0 spiro atoms. The fourth-order valence-corrected chi connectivity index (χ4v) is 4.63. The largest absolute Gasteiger partial charge is 0.379 e. The molecule has 0 aliphatic rings. The first-order chi connectivity index (χ1) is 14.4. The second-order valence-electron chi connectivity index (χ2n) is 8.50. The fourth-order valence-electron chi connectivity index (χ4n) is 3.63. The SMILES string of the molecule is CCCCCCCCCCCC[n+]1cc(-c2ccc(C)cc2)n(S(=O)(=O)N(C)C)c1. The lowest BCUT2D eigenvalue weighted by Gasteiger charge is -2.09. The van der Waals surface area contributed by atoms with E-state index >= 15 is 0 Å². The van der Waals surface area contributed by atoms with Gasteiger partial charge in [-0.15, -0.1) is 3.97 Å². The zero-order chi connectivity index (χ0) is 22.0. The van der Waals surface area contributed by atoms with Gasteiger partial charge in [0.05, 0.1) is 6.54 Å². The summed E-state index contributed by atoms with van der Waals surface area (Å²) in [6.07, 6.45) is 16.6. The standard InChI is InChI=1S/C24H40N3O2S/c1-5-6-7-8-9-10-11-12-13-14-19-26-20-24(23-17-15-22(2)16-18-23)27(21-26)30(28,29)25(3)4/h15-18,20-21H,5-14,19H2,1-4H3/q+1. The Bertz CT molecular complexity index is 855. The zero-order valence-corrected chi connectivity index (χ0v) is 20.1. The molecule has 1 aromatic heterocycles. The number of hydrogen-bond donors (Lipinski definition) is 0. The Balaban J connectivity index is 1.93. The second kappa shape index (κ2) is 12.3. The average molecular weight is 435 g/mol. The van der Waals surface area contributed by atoms with Crippen molar-refractivity contribution in [1.29, 1.82) is 0 Å². The number of rotatable bonds is 14. The Morgan fingerprint density at radius 2 is 1.40 bits per heavy atom. The van der Waals surface area contributed by atoms with Gasteiger partial charge in [-0.05, 0) is 19.8 Å². The number of nitrogens with zero attached hydrogens (tertiary/aromatic N) is 3. The molecule has 0 fully saturated rings. The molecule has 0 unspecified atom stereocenters. The van der Waals surface area contributed by atoms with Crippen LogP contribution in [0, 0.1) is 6.92 Å². The molecule has 0 saturated carbocycles. The molecule has 5 nitrogen and oxygen atoms in total. The number of benzene rings is 1. The maximum absolute atomic E-state index is 12.8. The van der Waals surface area contributed by atoms with Gasteiger partial charge in [-0.25, -0.2) is 4.57 Å². The lowest BCUT2D eigenvalue weighted by Crippen LogP contribution is -2.33. The molecular formula is C24H40N3O2S+. The maximum atomic E-state index is 12.8. The number of unbranched alkanes of at least 4 members (excludes halogenated alkanes) is 9. The van der Waals surface area contributed by atoms with Crippen LogP contribution in [0.3, 0.4) is 0 Å². The normalized spacial score (nSPS) is 12.0. The van der Waals surface area contributed by atoms with Gasteiger partial charge in [0.15, 0.2) is 5.69 Å². The van der Waals surface area contributed by atoms with E-state index in [1.54, 1.807) is 20.4 Å². The van der Waals surface area contributed by atoms with Gasteiger partial charge in [-0.1, -0.05) is 88.1 Å². The van der Waals surface area contributed by atoms with Crippen LogP contribution in [0.15, 0.2) is 36.8 Å². The summed E-state index contributed by atoms with van der Waals surface area (Å²) in [6.45, 7) is 5.13. The summed E-state index contributed by atoms with van der Waals surface area (Å²) >= 11 is 0. The van der Waals surface area contributed by atoms with Gasteiger partial charge in [0, 0.05) is 19.7 Å². The minimum Gasteiger partial charge on any atom is -0.235 e. The number of aromatic nitrogens is 2. The van der Waals surface area contributed by atoms with Crippen molar-refractivity contribution in [2.75, 3.05) is 14.1 Å². The minimum atomic E-state index is -3.57. The van der Waals surface area contributed by atoms with Gasteiger partial charge in [-0.2, -0.15) is 12.7 Å². The first-order valence-corrected chi connectivity index (χ1v) is 12.9. The number of imidazole rings is 1. The summed E-state index contributed by atoms with van der Waals surface area (Å²) in [5.41, 5.74) is 2.77. The second-order valence-corrected chi connectivity index (χ2v) is 10.5. The van der Waals surface area contributed by atoms with E-state index in [0.717, 1.165) is 24.1 Å². The van der Waals surface area contributed by atoms with E-state index in [1.165, 1.54) is 66.1 Å². The Labute approximate surface area is 183 Å². The van der Waals surface area contributed by atoms with Crippen molar-refractivity contribution < 1.29 is 13.0 Å². The van der Waals surface area contributed by atoms with Gasteiger partial charge in [0.1, 0.15) is 6.20 Å². The van der Waals surface area contributed by atoms with E-state index in [1.807, 2.05) is 42.0 Å². The summed E-state index contributed by atoms with van der Waals surface area (Å²) in [4.78, 5) is 0. The highest BCUT2D eigenvalue weighted by Crippen LogP contribution is 2.21. The Kier molecular flexibility index (Phi) is 10.1. The molecule has 0 amide bonds. The molecule has 1 heterocycles. The van der Waals surface area contributed by atoms with Crippen LogP contribution in [0.4, 0.5) is 0 Å². The monoisotopic (exact) mass is 434 g/mol. The maximum Gasteiger partial charge on any atom is 0.379 e. The third-order valence-electron chi connectivity index (χ3n) is 5.61. The summed E-state index contributed by atoms with van der Waals surface area (Å²) in [6, 6.07) is 8.00. The van der Waals surface area contributed by atoms with E-state index in [2.05, 4.69) is 6.92 Å². The van der Waals surface area contributed by atoms with E-state index in [9.17, 15) is 8.42 Å². The summed E-state index contributed by atoms with van der Waals surface area (Å²) < 4.78 is 30.3. The van der Waals surface area contributed by atoms with Crippen LogP contribution >= 0.6 is 0 Å². The van der Waals surface area contributed by atoms with Gasteiger partial charge in [0.2, 0.25) is 0 Å². The predicted molar refractivity (Wildman–Crippen MR) is 125 cm³/mol. The summed E-state index contributed by atoms with van der Waals surface area (Å²) in [5.74, 6) is 0. The highest BCUT2D eigenvalue weighted by Gasteiger charge is 2.28. The quantitative estimate of drug-likeness (QED) is 0.298. The van der Waals surface area contributed by atoms with Crippen LogP contribution in [0.5, 0.6) is 0 Å². The van der Waals surface area contributed by atoms with E-state index in [4.69, 9.17) is 0 Å². The molecule has 0 N–H and O–H groups in total. The molecule has 0 aliphatic carbocycles. The smallest absolute Gasteiger partial charge is 0.235 e. The molecule has 30 heavy (non-hydrogen) atoms. The first-order valence-electron chi connectivity index (χ1n) is 11.5. The Morgan fingerprint density at radius 1 is 0.867 bits per heavy atom. The lowest BCUT2D eigenvalue weighted by atomic mass is 10.1. The highest BCUT2D eigenvalue weighted by molar-refractivity contribution is 7.87. The lowest BCUT2D eigenvalue weighted by molar-refractivity contribution is -0.696. The highest BCUT2D eigenvalue weighted by atomic mass is 32.2. The molecule has 0 aliphatic heterocycles. The van der Waals surface area contributed by atoms with Crippen molar-refractivity contribution in [3.8, 4) is 11.3 Å². The first kappa shape index (κ1) is 24.6. The van der Waals surface area contributed by atoms with Crippen LogP contribution < -0.4 is 4.57 Å². The van der Waals surface area contributed by atoms with Crippen LogP contribution in [-0.2, 0) is 16.8 Å². The van der Waals surface area contributed by atoms with Crippen molar-refractivity contribution >= 4 is 10.2 Å². The molecule has 168 valence electrons. The predicted octanol–water partition coefficient (Wildman–Crippen LogP) is 5.33. The van der Waals surface area contributed by atoms with Crippen LogP contribution in [-0.4, -0.2) is 30.8 Å². The topological polar surface area (TPSA) is 46.2 Å². The minimum absolute atomic E-state index is 0.704. The van der Waals surface area contributed by atoms with Crippen LogP contribution in [0.2, 0.25) is 0 Å². The molecule has 0 radical (unpaired) electrons. The van der Waals surface area contributed by atoms with Gasteiger partial charge >= 0.3 is 10.2 Å². The van der Waals surface area contributed by atoms with Gasteiger partial charge in [0.25, 0.3) is 6.33 Å². The van der Waals surface area contributed by atoms with Crippen LogP contribution in [0.1, 0.15) is 76.7 Å². The van der Waals surface area contributed by atoms with Crippen molar-refractivity contribution in [2.45, 2.75) is 84.6 Å². The summed E-state index contributed by atoms with van der Waals surface area (Å²) in [5, 5.41) is 0. The van der Waals surface area contributed by atoms with Crippen molar-refractivity contribution in [1.82, 2.24) is 8.28 Å². The number of hydrogen-bond acceptors (Lipinski definition) is 2. The fraction of sp³-hybridized carbons (Fsp3) is 0.625. The van der Waals surface area contributed by atoms with E-state index < -0.39 is 10.2 Å².